The fourth-order valence-electron chi connectivity index (χ4n) is 3.50. The number of rotatable bonds is 3. The van der Waals surface area contributed by atoms with Gasteiger partial charge in [-0.15, -0.1) is 0 Å². The molecule has 0 unspecified atom stereocenters. The Kier molecular flexibility index (Phi) is 4.48. The van der Waals surface area contributed by atoms with Gasteiger partial charge in [0.15, 0.2) is 0 Å². The lowest BCUT2D eigenvalue weighted by atomic mass is 9.77. The van der Waals surface area contributed by atoms with Gasteiger partial charge in [-0.2, -0.15) is 0 Å². The summed E-state index contributed by atoms with van der Waals surface area (Å²) in [6.07, 6.45) is 2.33. The summed E-state index contributed by atoms with van der Waals surface area (Å²) < 4.78 is 0. The van der Waals surface area contributed by atoms with Crippen LogP contribution >= 0.6 is 11.6 Å². The Balaban J connectivity index is 1.72. The summed E-state index contributed by atoms with van der Waals surface area (Å²) in [6, 6.07) is 5.37. The monoisotopic (exact) mass is 335 g/mol. The van der Waals surface area contributed by atoms with E-state index in [0.717, 1.165) is 31.6 Å². The first-order valence-corrected chi connectivity index (χ1v) is 8.50. The van der Waals surface area contributed by atoms with Crippen LogP contribution in [-0.2, 0) is 4.79 Å². The van der Waals surface area contributed by atoms with Gasteiger partial charge in [-0.25, -0.2) is 0 Å². The maximum Gasteiger partial charge on any atom is 0.256 e. The molecule has 0 atom stereocenters. The smallest absolute Gasteiger partial charge is 0.256 e. The fraction of sp³-hybridized carbons (Fsp3) is 0.529. The SMILES string of the molecule is CCNc1ccc(Cl)cc1C(=O)N1CCC2(CC1)CNC(=O)C2. The van der Waals surface area contributed by atoms with Crippen molar-refractivity contribution >= 4 is 29.1 Å². The highest BCUT2D eigenvalue weighted by molar-refractivity contribution is 6.31. The molecule has 5 nitrogen and oxygen atoms in total. The summed E-state index contributed by atoms with van der Waals surface area (Å²) in [7, 11) is 0. The van der Waals surface area contributed by atoms with Crippen LogP contribution in [0, 0.1) is 5.41 Å². The molecule has 2 saturated heterocycles. The third-order valence-corrected chi connectivity index (χ3v) is 5.12. The highest BCUT2D eigenvalue weighted by Gasteiger charge is 2.41. The highest BCUT2D eigenvalue weighted by atomic mass is 35.5. The van der Waals surface area contributed by atoms with Crippen molar-refractivity contribution in [3.8, 4) is 0 Å². The molecule has 23 heavy (non-hydrogen) atoms. The van der Waals surface area contributed by atoms with Crippen molar-refractivity contribution in [2.75, 3.05) is 31.5 Å². The number of carbonyl (C=O) groups excluding carboxylic acids is 2. The van der Waals surface area contributed by atoms with Crippen LogP contribution in [0.3, 0.4) is 0 Å². The molecule has 2 N–H and O–H groups in total. The van der Waals surface area contributed by atoms with Crippen molar-refractivity contribution in [1.29, 1.82) is 0 Å². The van der Waals surface area contributed by atoms with Gasteiger partial charge in [0.05, 0.1) is 5.56 Å². The van der Waals surface area contributed by atoms with Gasteiger partial charge in [0, 0.05) is 43.3 Å². The van der Waals surface area contributed by atoms with Crippen LogP contribution < -0.4 is 10.6 Å². The molecule has 1 aromatic carbocycles. The lowest BCUT2D eigenvalue weighted by molar-refractivity contribution is -0.119. The standard InChI is InChI=1S/C17H22ClN3O2/c1-2-19-14-4-3-12(18)9-13(14)16(23)21-7-5-17(6-8-21)10-15(22)20-11-17/h3-4,9,19H,2,5-8,10-11H2,1H3,(H,20,22). The maximum absolute atomic E-state index is 12.9. The average Bonchev–Trinajstić information content (AvgIpc) is 2.90. The minimum atomic E-state index is 0.00980. The van der Waals surface area contributed by atoms with Crippen molar-refractivity contribution in [3.63, 3.8) is 0 Å². The number of benzene rings is 1. The van der Waals surface area contributed by atoms with Gasteiger partial charge in [0.2, 0.25) is 5.91 Å². The van der Waals surface area contributed by atoms with Gasteiger partial charge >= 0.3 is 0 Å². The van der Waals surface area contributed by atoms with E-state index in [9.17, 15) is 9.59 Å². The first-order chi connectivity index (χ1) is 11.0. The van der Waals surface area contributed by atoms with Gasteiger partial charge in [-0.3, -0.25) is 9.59 Å². The van der Waals surface area contributed by atoms with Crippen LogP contribution in [0.5, 0.6) is 0 Å². The zero-order valence-electron chi connectivity index (χ0n) is 13.3. The van der Waals surface area contributed by atoms with Crippen LogP contribution in [0.4, 0.5) is 5.69 Å². The largest absolute Gasteiger partial charge is 0.385 e. The molecule has 2 heterocycles. The van der Waals surface area contributed by atoms with Crippen LogP contribution in [0.1, 0.15) is 36.5 Å². The number of hydrogen-bond acceptors (Lipinski definition) is 3. The minimum Gasteiger partial charge on any atom is -0.385 e. The van der Waals surface area contributed by atoms with E-state index < -0.39 is 0 Å². The molecule has 1 aromatic rings. The number of nitrogens with zero attached hydrogens (tertiary/aromatic N) is 1. The van der Waals surface area contributed by atoms with Gasteiger partial charge in [0.25, 0.3) is 5.91 Å². The van der Waals surface area contributed by atoms with Gasteiger partial charge in [-0.05, 0) is 43.4 Å². The minimum absolute atomic E-state index is 0.00980. The predicted molar refractivity (Wildman–Crippen MR) is 90.8 cm³/mol. The zero-order valence-corrected chi connectivity index (χ0v) is 14.1. The quantitative estimate of drug-likeness (QED) is 0.892. The van der Waals surface area contributed by atoms with Crippen LogP contribution in [0.15, 0.2) is 18.2 Å². The van der Waals surface area contributed by atoms with Crippen molar-refractivity contribution in [1.82, 2.24) is 10.2 Å². The molecule has 2 amide bonds. The molecule has 0 bridgehead atoms. The molecule has 2 aliphatic rings. The second-order valence-corrected chi connectivity index (χ2v) is 6.90. The van der Waals surface area contributed by atoms with Gasteiger partial charge < -0.3 is 15.5 Å². The van der Waals surface area contributed by atoms with E-state index in [1.807, 2.05) is 17.9 Å². The normalized spacial score (nSPS) is 19.7. The Hall–Kier alpha value is -1.75. The second-order valence-electron chi connectivity index (χ2n) is 6.47. The summed E-state index contributed by atoms with van der Waals surface area (Å²) in [5, 5.41) is 6.70. The van der Waals surface area contributed by atoms with Crippen molar-refractivity contribution in [2.45, 2.75) is 26.2 Å². The van der Waals surface area contributed by atoms with E-state index in [-0.39, 0.29) is 17.2 Å². The van der Waals surface area contributed by atoms with Crippen LogP contribution in [0.25, 0.3) is 0 Å². The molecule has 0 radical (unpaired) electrons. The number of piperidine rings is 1. The van der Waals surface area contributed by atoms with Crippen molar-refractivity contribution < 1.29 is 9.59 Å². The number of halogens is 1. The number of carbonyl (C=O) groups is 2. The lowest BCUT2D eigenvalue weighted by Crippen LogP contribution is -2.44. The molecular formula is C17H22ClN3O2. The van der Waals surface area contributed by atoms with Crippen molar-refractivity contribution in [3.05, 3.63) is 28.8 Å². The molecule has 0 aliphatic carbocycles. The Bertz CT molecular complexity index is 624. The van der Waals surface area contributed by atoms with Gasteiger partial charge in [0.1, 0.15) is 0 Å². The number of anilines is 1. The second kappa shape index (κ2) is 6.40. The fourth-order valence-corrected chi connectivity index (χ4v) is 3.67. The topological polar surface area (TPSA) is 61.4 Å². The number of amides is 2. The molecule has 2 fully saturated rings. The van der Waals surface area contributed by atoms with Crippen LogP contribution in [0.2, 0.25) is 5.02 Å². The molecule has 124 valence electrons. The van der Waals surface area contributed by atoms with Gasteiger partial charge in [-0.1, -0.05) is 11.6 Å². The summed E-state index contributed by atoms with van der Waals surface area (Å²) in [5.41, 5.74) is 1.49. The first-order valence-electron chi connectivity index (χ1n) is 8.12. The summed E-state index contributed by atoms with van der Waals surface area (Å²) in [6.45, 7) is 4.86. The molecule has 1 spiro atoms. The van der Waals surface area contributed by atoms with E-state index in [4.69, 9.17) is 11.6 Å². The number of nitrogens with one attached hydrogen (secondary N) is 2. The Morgan fingerprint density at radius 3 is 2.74 bits per heavy atom. The molecule has 0 saturated carbocycles. The summed E-state index contributed by atoms with van der Waals surface area (Å²) >= 11 is 6.07. The molecule has 6 heteroatoms. The Labute approximate surface area is 141 Å². The Morgan fingerprint density at radius 1 is 1.39 bits per heavy atom. The third-order valence-electron chi connectivity index (χ3n) is 4.89. The summed E-state index contributed by atoms with van der Waals surface area (Å²) in [4.78, 5) is 26.2. The van der Waals surface area contributed by atoms with Crippen molar-refractivity contribution in [2.24, 2.45) is 5.41 Å². The maximum atomic E-state index is 12.9. The lowest BCUT2D eigenvalue weighted by Gasteiger charge is -2.38. The van der Waals surface area contributed by atoms with E-state index in [0.29, 0.717) is 30.1 Å². The molecule has 2 aliphatic heterocycles. The van der Waals surface area contributed by atoms with Crippen LogP contribution in [-0.4, -0.2) is 42.9 Å². The summed E-state index contributed by atoms with van der Waals surface area (Å²) in [5.74, 6) is 0.143. The average molecular weight is 336 g/mol. The first kappa shape index (κ1) is 16.1. The van der Waals surface area contributed by atoms with E-state index in [1.54, 1.807) is 12.1 Å². The number of hydrogen-bond donors (Lipinski definition) is 2. The zero-order chi connectivity index (χ0) is 16.4. The number of likely N-dealkylation sites (tertiary alicyclic amines) is 1. The van der Waals surface area contributed by atoms with E-state index >= 15 is 0 Å². The Morgan fingerprint density at radius 2 is 2.13 bits per heavy atom. The predicted octanol–water partition coefficient (Wildman–Crippen LogP) is 2.51. The van der Waals surface area contributed by atoms with E-state index in [1.165, 1.54) is 0 Å². The third kappa shape index (κ3) is 3.29. The molecular weight excluding hydrogens is 314 g/mol. The molecule has 3 rings (SSSR count). The molecule has 0 aromatic heterocycles. The van der Waals surface area contributed by atoms with E-state index in [2.05, 4.69) is 10.6 Å². The highest BCUT2D eigenvalue weighted by Crippen LogP contribution is 2.38.